The highest BCUT2D eigenvalue weighted by molar-refractivity contribution is 5.92. The molecule has 2 N–H and O–H groups in total. The molecular formula is C24H35FN4O2. The summed E-state index contributed by atoms with van der Waals surface area (Å²) in [5.41, 5.74) is 7.35. The smallest absolute Gasteiger partial charge is 0.272 e. The van der Waals surface area contributed by atoms with E-state index in [0.717, 1.165) is 37.7 Å². The van der Waals surface area contributed by atoms with Gasteiger partial charge < -0.3 is 19.9 Å². The molecule has 0 radical (unpaired) electrons. The van der Waals surface area contributed by atoms with Gasteiger partial charge in [0.05, 0.1) is 25.2 Å². The minimum atomic E-state index is -0.162. The molecule has 1 unspecified atom stereocenters. The van der Waals surface area contributed by atoms with Gasteiger partial charge in [-0.15, -0.1) is 0 Å². The number of nitrogens with two attached hydrogens (primary N) is 1. The van der Waals surface area contributed by atoms with Crippen LogP contribution in [0.5, 0.6) is 0 Å². The zero-order valence-electron chi connectivity index (χ0n) is 18.7. The van der Waals surface area contributed by atoms with Crippen LogP contribution in [0.25, 0.3) is 0 Å². The number of aryl methyl sites for hydroxylation is 1. The van der Waals surface area contributed by atoms with Crippen molar-refractivity contribution in [3.05, 3.63) is 53.9 Å². The highest BCUT2D eigenvalue weighted by Crippen LogP contribution is 2.34. The maximum atomic E-state index is 13.5. The molecule has 1 aromatic heterocycles. The van der Waals surface area contributed by atoms with Gasteiger partial charge in [0.2, 0.25) is 0 Å². The fourth-order valence-electron chi connectivity index (χ4n) is 4.34. The third-order valence-corrected chi connectivity index (χ3v) is 6.10. The molecule has 3 rings (SSSR count). The number of imidazole rings is 1. The SMILES string of the molecule is CC(COC1CCC(c2cccc(F)c2)CC1)CN(CCCN)C(=O)c1cncn1C. The summed E-state index contributed by atoms with van der Waals surface area (Å²) in [6.07, 6.45) is 8.25. The summed E-state index contributed by atoms with van der Waals surface area (Å²) in [5, 5.41) is 0. The van der Waals surface area contributed by atoms with Gasteiger partial charge in [0.1, 0.15) is 11.5 Å². The van der Waals surface area contributed by atoms with Crippen molar-refractivity contribution in [3.8, 4) is 0 Å². The van der Waals surface area contributed by atoms with E-state index in [9.17, 15) is 9.18 Å². The normalized spacial score (nSPS) is 19.9. The summed E-state index contributed by atoms with van der Waals surface area (Å²) >= 11 is 0. The first-order chi connectivity index (χ1) is 15.0. The van der Waals surface area contributed by atoms with Crippen LogP contribution in [-0.2, 0) is 11.8 Å². The molecule has 0 bridgehead atoms. The number of hydrogen-bond acceptors (Lipinski definition) is 4. The lowest BCUT2D eigenvalue weighted by Gasteiger charge is -2.31. The molecule has 1 aliphatic rings. The van der Waals surface area contributed by atoms with Crippen molar-refractivity contribution in [1.82, 2.24) is 14.5 Å². The van der Waals surface area contributed by atoms with Crippen LogP contribution in [0.2, 0.25) is 0 Å². The lowest BCUT2D eigenvalue weighted by molar-refractivity contribution is 0.00206. The van der Waals surface area contributed by atoms with Crippen molar-refractivity contribution >= 4 is 5.91 Å². The molecule has 0 spiro atoms. The molecule has 1 heterocycles. The maximum Gasteiger partial charge on any atom is 0.272 e. The van der Waals surface area contributed by atoms with Gasteiger partial charge in [-0.25, -0.2) is 9.37 Å². The number of ether oxygens (including phenoxy) is 1. The Hall–Kier alpha value is -2.25. The number of aromatic nitrogens is 2. The molecule has 170 valence electrons. The van der Waals surface area contributed by atoms with E-state index in [2.05, 4.69) is 11.9 Å². The largest absolute Gasteiger partial charge is 0.378 e. The molecule has 1 aromatic carbocycles. The van der Waals surface area contributed by atoms with Gasteiger partial charge >= 0.3 is 0 Å². The highest BCUT2D eigenvalue weighted by Gasteiger charge is 2.25. The molecule has 2 aromatic rings. The quantitative estimate of drug-likeness (QED) is 0.623. The summed E-state index contributed by atoms with van der Waals surface area (Å²) in [4.78, 5) is 18.8. The number of carbonyl (C=O) groups is 1. The first-order valence-electron chi connectivity index (χ1n) is 11.3. The van der Waals surface area contributed by atoms with Crippen LogP contribution < -0.4 is 5.73 Å². The third kappa shape index (κ3) is 6.61. The Bertz CT molecular complexity index is 832. The van der Waals surface area contributed by atoms with Crippen molar-refractivity contribution in [3.63, 3.8) is 0 Å². The van der Waals surface area contributed by atoms with E-state index in [1.54, 1.807) is 29.2 Å². The zero-order valence-corrected chi connectivity index (χ0v) is 18.7. The van der Waals surface area contributed by atoms with E-state index < -0.39 is 0 Å². The monoisotopic (exact) mass is 430 g/mol. The molecular weight excluding hydrogens is 395 g/mol. The Labute approximate surface area is 184 Å². The van der Waals surface area contributed by atoms with Crippen molar-refractivity contribution in [2.45, 2.75) is 51.0 Å². The van der Waals surface area contributed by atoms with Gasteiger partial charge in [0.25, 0.3) is 5.91 Å². The van der Waals surface area contributed by atoms with Crippen LogP contribution in [0.15, 0.2) is 36.8 Å². The van der Waals surface area contributed by atoms with Crippen LogP contribution >= 0.6 is 0 Å². The molecule has 1 fully saturated rings. The number of hydrogen-bond donors (Lipinski definition) is 1. The summed E-state index contributed by atoms with van der Waals surface area (Å²) < 4.78 is 21.4. The maximum absolute atomic E-state index is 13.5. The molecule has 6 nitrogen and oxygen atoms in total. The van der Waals surface area contributed by atoms with E-state index in [0.29, 0.717) is 37.9 Å². The first-order valence-corrected chi connectivity index (χ1v) is 11.3. The summed E-state index contributed by atoms with van der Waals surface area (Å²) in [7, 11) is 1.83. The second kappa shape index (κ2) is 11.4. The summed E-state index contributed by atoms with van der Waals surface area (Å²) in [5.74, 6) is 0.451. The fourth-order valence-corrected chi connectivity index (χ4v) is 4.34. The predicted octanol–water partition coefficient (Wildman–Crippen LogP) is 3.73. The van der Waals surface area contributed by atoms with Crippen molar-refractivity contribution in [2.24, 2.45) is 18.7 Å². The number of nitrogens with zero attached hydrogens (tertiary/aromatic N) is 3. The molecule has 31 heavy (non-hydrogen) atoms. The van der Waals surface area contributed by atoms with Crippen LogP contribution in [0, 0.1) is 11.7 Å². The Morgan fingerprint density at radius 3 is 2.77 bits per heavy atom. The molecule has 1 saturated carbocycles. The molecule has 1 atom stereocenters. The average Bonchev–Trinajstić information content (AvgIpc) is 3.21. The molecule has 1 amide bonds. The van der Waals surface area contributed by atoms with Gasteiger partial charge in [-0.2, -0.15) is 0 Å². The summed E-state index contributed by atoms with van der Waals surface area (Å²) in [6, 6.07) is 6.96. The molecule has 1 aliphatic carbocycles. The molecule has 0 aliphatic heterocycles. The number of amides is 1. The highest BCUT2D eigenvalue weighted by atomic mass is 19.1. The van der Waals surface area contributed by atoms with Gasteiger partial charge in [-0.1, -0.05) is 19.1 Å². The Morgan fingerprint density at radius 1 is 1.35 bits per heavy atom. The summed E-state index contributed by atoms with van der Waals surface area (Å²) in [6.45, 7) is 4.54. The van der Waals surface area contributed by atoms with E-state index in [4.69, 9.17) is 10.5 Å². The minimum absolute atomic E-state index is 0.0177. The number of halogens is 1. The lowest BCUT2D eigenvalue weighted by atomic mass is 9.82. The van der Waals surface area contributed by atoms with Gasteiger partial charge in [-0.05, 0) is 68.2 Å². The topological polar surface area (TPSA) is 73.4 Å². The fraction of sp³-hybridized carbons (Fsp3) is 0.583. The van der Waals surface area contributed by atoms with E-state index in [-0.39, 0.29) is 23.7 Å². The molecule has 7 heteroatoms. The van der Waals surface area contributed by atoms with Crippen molar-refractivity contribution in [1.29, 1.82) is 0 Å². The van der Waals surface area contributed by atoms with E-state index in [1.165, 1.54) is 6.07 Å². The second-order valence-corrected chi connectivity index (χ2v) is 8.75. The van der Waals surface area contributed by atoms with Gasteiger partial charge in [0.15, 0.2) is 0 Å². The van der Waals surface area contributed by atoms with Crippen LogP contribution in [0.3, 0.4) is 0 Å². The lowest BCUT2D eigenvalue weighted by Crippen LogP contribution is -2.38. The van der Waals surface area contributed by atoms with Gasteiger partial charge in [-0.3, -0.25) is 4.79 Å². The van der Waals surface area contributed by atoms with Crippen molar-refractivity contribution in [2.75, 3.05) is 26.2 Å². The number of benzene rings is 1. The van der Waals surface area contributed by atoms with Crippen LogP contribution in [-0.4, -0.2) is 52.7 Å². The number of rotatable bonds is 10. The Morgan fingerprint density at radius 2 is 2.13 bits per heavy atom. The van der Waals surface area contributed by atoms with E-state index in [1.807, 2.05) is 18.0 Å². The Balaban J connectivity index is 1.46. The van der Waals surface area contributed by atoms with Gasteiger partial charge in [0, 0.05) is 20.1 Å². The zero-order chi connectivity index (χ0) is 22.2. The van der Waals surface area contributed by atoms with Crippen LogP contribution in [0.1, 0.15) is 61.0 Å². The standard InChI is InChI=1S/C24H35FN4O2/c1-18(15-29(12-4-11-26)24(30)23-14-27-17-28(23)2)16-31-22-9-7-19(8-10-22)20-5-3-6-21(25)13-20/h3,5-6,13-14,17-19,22H,4,7-12,15-16,26H2,1-2H3. The first kappa shape index (κ1) is 23.4. The minimum Gasteiger partial charge on any atom is -0.378 e. The number of carbonyl (C=O) groups excluding carboxylic acids is 1. The predicted molar refractivity (Wildman–Crippen MR) is 119 cm³/mol. The Kier molecular flexibility index (Phi) is 8.60. The third-order valence-electron chi connectivity index (χ3n) is 6.10. The molecule has 0 saturated heterocycles. The van der Waals surface area contributed by atoms with Crippen molar-refractivity contribution < 1.29 is 13.9 Å². The van der Waals surface area contributed by atoms with Crippen LogP contribution in [0.4, 0.5) is 4.39 Å². The van der Waals surface area contributed by atoms with E-state index >= 15 is 0 Å². The second-order valence-electron chi connectivity index (χ2n) is 8.75. The average molecular weight is 431 g/mol.